The van der Waals surface area contributed by atoms with Gasteiger partial charge in [-0.2, -0.15) is 0 Å². The molecule has 1 aliphatic rings. The van der Waals surface area contributed by atoms with Gasteiger partial charge >= 0.3 is 6.36 Å². The predicted molar refractivity (Wildman–Crippen MR) is 98.3 cm³/mol. The lowest BCUT2D eigenvalue weighted by atomic mass is 9.90. The van der Waals surface area contributed by atoms with Gasteiger partial charge in [0, 0.05) is 12.6 Å². The minimum atomic E-state index is -4.87. The van der Waals surface area contributed by atoms with Crippen LogP contribution in [0.25, 0.3) is 0 Å². The molecule has 156 valence electrons. The number of benzene rings is 2. The van der Waals surface area contributed by atoms with E-state index in [1.165, 1.54) is 42.5 Å². The van der Waals surface area contributed by atoms with Crippen LogP contribution in [0.5, 0.6) is 11.5 Å². The molecule has 0 saturated heterocycles. The van der Waals surface area contributed by atoms with Gasteiger partial charge in [-0.25, -0.2) is 4.39 Å². The maximum Gasteiger partial charge on any atom is 0.573 e. The zero-order valence-electron chi connectivity index (χ0n) is 15.6. The molecule has 0 bridgehead atoms. The second-order valence-electron chi connectivity index (χ2n) is 6.78. The molecule has 0 unspecified atom stereocenters. The van der Waals surface area contributed by atoms with Crippen molar-refractivity contribution >= 4 is 5.91 Å². The van der Waals surface area contributed by atoms with Crippen molar-refractivity contribution in [2.45, 2.75) is 38.1 Å². The molecule has 0 aliphatic heterocycles. The number of halogens is 4. The van der Waals surface area contributed by atoms with Crippen LogP contribution in [-0.4, -0.2) is 36.4 Å². The molecule has 0 aromatic heterocycles. The summed E-state index contributed by atoms with van der Waals surface area (Å²) >= 11 is 0. The van der Waals surface area contributed by atoms with E-state index < -0.39 is 18.0 Å². The molecule has 0 heterocycles. The van der Waals surface area contributed by atoms with Gasteiger partial charge in [-0.3, -0.25) is 4.79 Å². The second-order valence-corrected chi connectivity index (χ2v) is 6.78. The molecule has 0 spiro atoms. The van der Waals surface area contributed by atoms with Crippen LogP contribution in [0.1, 0.15) is 36.0 Å². The van der Waals surface area contributed by atoms with Gasteiger partial charge in [0.15, 0.2) is 0 Å². The van der Waals surface area contributed by atoms with E-state index in [1.807, 2.05) is 0 Å². The molecular weight excluding hydrogens is 390 g/mol. The minimum absolute atomic E-state index is 0.00716. The van der Waals surface area contributed by atoms with Gasteiger partial charge in [-0.15, -0.1) is 13.2 Å². The van der Waals surface area contributed by atoms with Crippen molar-refractivity contribution in [2.75, 3.05) is 13.2 Å². The molecule has 8 heteroatoms. The maximum absolute atomic E-state index is 13.0. The number of ether oxygens (including phenoxy) is 2. The number of hydrogen-bond donors (Lipinski definition) is 0. The van der Waals surface area contributed by atoms with Crippen molar-refractivity contribution in [3.8, 4) is 11.5 Å². The molecule has 1 fully saturated rings. The third kappa shape index (κ3) is 5.85. The van der Waals surface area contributed by atoms with Gasteiger partial charge in [0.25, 0.3) is 5.91 Å². The first-order chi connectivity index (χ1) is 13.8. The number of alkyl halides is 3. The lowest BCUT2D eigenvalue weighted by molar-refractivity contribution is -0.274. The predicted octanol–water partition coefficient (Wildman–Crippen LogP) is 5.19. The van der Waals surface area contributed by atoms with Crippen LogP contribution in [0, 0.1) is 5.82 Å². The number of carbonyl (C=O) groups excluding carboxylic acids is 1. The van der Waals surface area contributed by atoms with Crippen molar-refractivity contribution in [1.29, 1.82) is 0 Å². The van der Waals surface area contributed by atoms with Crippen molar-refractivity contribution in [1.82, 2.24) is 4.90 Å². The lowest BCUT2D eigenvalue weighted by Crippen LogP contribution is -2.45. The third-order valence-corrected chi connectivity index (χ3v) is 4.75. The maximum atomic E-state index is 13.0. The van der Waals surface area contributed by atoms with Crippen molar-refractivity contribution < 1.29 is 31.8 Å². The Morgan fingerprint density at radius 3 is 2.38 bits per heavy atom. The summed E-state index contributed by atoms with van der Waals surface area (Å²) in [6.07, 6.45) is -1.79. The van der Waals surface area contributed by atoms with E-state index in [0.717, 1.165) is 25.3 Å². The number of nitrogens with zero attached hydrogens (tertiary/aromatic N) is 1. The number of rotatable bonds is 8. The standard InChI is InChI=1S/C21H21F4NO3/c22-15-9-11-17(12-10-15)28-14-4-13-26(16-5-3-6-16)20(27)18-7-1-2-8-19(18)29-21(23,24)25/h1-2,7-12,16H,3-6,13-14H2. The van der Waals surface area contributed by atoms with Gasteiger partial charge in [-0.05, 0) is 62.1 Å². The molecular formula is C21H21F4NO3. The van der Waals surface area contributed by atoms with Gasteiger partial charge in [0.1, 0.15) is 17.3 Å². The largest absolute Gasteiger partial charge is 0.573 e. The lowest BCUT2D eigenvalue weighted by Gasteiger charge is -2.38. The molecule has 4 nitrogen and oxygen atoms in total. The fourth-order valence-electron chi connectivity index (χ4n) is 3.12. The Bertz CT molecular complexity index is 819. The highest BCUT2D eigenvalue weighted by Gasteiger charge is 2.35. The molecule has 29 heavy (non-hydrogen) atoms. The van der Waals surface area contributed by atoms with E-state index in [2.05, 4.69) is 4.74 Å². The summed E-state index contributed by atoms with van der Waals surface area (Å²) in [4.78, 5) is 14.6. The fraction of sp³-hybridized carbons (Fsp3) is 0.381. The summed E-state index contributed by atoms with van der Waals surface area (Å²) in [5, 5.41) is 0. The summed E-state index contributed by atoms with van der Waals surface area (Å²) in [6.45, 7) is 0.633. The molecule has 1 amide bonds. The Balaban J connectivity index is 1.64. The average molecular weight is 411 g/mol. The third-order valence-electron chi connectivity index (χ3n) is 4.75. The Labute approximate surface area is 166 Å². The molecule has 0 N–H and O–H groups in total. The van der Waals surface area contributed by atoms with Crippen LogP contribution < -0.4 is 9.47 Å². The van der Waals surface area contributed by atoms with Gasteiger partial charge in [0.2, 0.25) is 0 Å². The molecule has 1 aliphatic carbocycles. The summed E-state index contributed by atoms with van der Waals surface area (Å²) in [5.74, 6) is -0.844. The summed E-state index contributed by atoms with van der Waals surface area (Å²) in [7, 11) is 0. The molecule has 2 aromatic rings. The Morgan fingerprint density at radius 1 is 1.07 bits per heavy atom. The molecule has 2 aromatic carbocycles. The van der Waals surface area contributed by atoms with Gasteiger partial charge in [-0.1, -0.05) is 12.1 Å². The smallest absolute Gasteiger partial charge is 0.494 e. The molecule has 1 saturated carbocycles. The van der Waals surface area contributed by atoms with E-state index in [4.69, 9.17) is 4.74 Å². The highest BCUT2D eigenvalue weighted by atomic mass is 19.4. The molecule has 0 radical (unpaired) electrons. The van der Waals surface area contributed by atoms with Crippen LogP contribution in [-0.2, 0) is 0 Å². The van der Waals surface area contributed by atoms with Gasteiger partial charge < -0.3 is 14.4 Å². The SMILES string of the molecule is O=C(c1ccccc1OC(F)(F)F)N(CCCOc1ccc(F)cc1)C1CCC1. The molecule has 0 atom stereocenters. The van der Waals surface area contributed by atoms with E-state index in [0.29, 0.717) is 25.3 Å². The first-order valence-corrected chi connectivity index (χ1v) is 9.37. The van der Waals surface area contributed by atoms with Crippen LogP contribution in [0.4, 0.5) is 17.6 Å². The van der Waals surface area contributed by atoms with E-state index in [9.17, 15) is 22.4 Å². The normalized spacial score (nSPS) is 14.2. The second kappa shape index (κ2) is 9.15. The topological polar surface area (TPSA) is 38.8 Å². The highest BCUT2D eigenvalue weighted by molar-refractivity contribution is 5.97. The summed E-state index contributed by atoms with van der Waals surface area (Å²) < 4.78 is 60.5. The highest BCUT2D eigenvalue weighted by Crippen LogP contribution is 2.31. The van der Waals surface area contributed by atoms with Gasteiger partial charge in [0.05, 0.1) is 12.2 Å². The number of amides is 1. The van der Waals surface area contributed by atoms with Crippen molar-refractivity contribution in [3.63, 3.8) is 0 Å². The molecule has 3 rings (SSSR count). The number of para-hydroxylation sites is 1. The fourth-order valence-corrected chi connectivity index (χ4v) is 3.12. The van der Waals surface area contributed by atoms with Crippen molar-refractivity contribution in [2.24, 2.45) is 0 Å². The van der Waals surface area contributed by atoms with Crippen LogP contribution in [0.2, 0.25) is 0 Å². The first-order valence-electron chi connectivity index (χ1n) is 9.37. The summed E-state index contributed by atoms with van der Waals surface area (Å²) in [5.41, 5.74) is -0.115. The van der Waals surface area contributed by atoms with Crippen molar-refractivity contribution in [3.05, 3.63) is 59.9 Å². The van der Waals surface area contributed by atoms with E-state index in [1.54, 1.807) is 4.90 Å². The Kier molecular flexibility index (Phi) is 6.61. The van der Waals surface area contributed by atoms with E-state index >= 15 is 0 Å². The number of hydrogen-bond acceptors (Lipinski definition) is 3. The Hall–Kier alpha value is -2.77. The first kappa shape index (κ1) is 21.0. The Morgan fingerprint density at radius 2 is 1.76 bits per heavy atom. The minimum Gasteiger partial charge on any atom is -0.494 e. The quantitative estimate of drug-likeness (QED) is 0.443. The van der Waals surface area contributed by atoms with E-state index in [-0.39, 0.29) is 17.4 Å². The zero-order chi connectivity index (χ0) is 20.9. The van der Waals surface area contributed by atoms with Crippen LogP contribution in [0.3, 0.4) is 0 Å². The zero-order valence-corrected chi connectivity index (χ0v) is 15.6. The van der Waals surface area contributed by atoms with Crippen LogP contribution >= 0.6 is 0 Å². The number of carbonyl (C=O) groups is 1. The van der Waals surface area contributed by atoms with Crippen LogP contribution in [0.15, 0.2) is 48.5 Å². The average Bonchev–Trinajstić information content (AvgIpc) is 2.62. The monoisotopic (exact) mass is 411 g/mol. The summed E-state index contributed by atoms with van der Waals surface area (Å²) in [6, 6.07) is 11.0.